The number of carbonyl (C=O) groups is 6. The van der Waals surface area contributed by atoms with E-state index in [9.17, 15) is 33.9 Å². The van der Waals surface area contributed by atoms with Crippen LogP contribution in [0.15, 0.2) is 88.9 Å². The van der Waals surface area contributed by atoms with E-state index >= 15 is 0 Å². The quantitative estimate of drug-likeness (QED) is 0.0129. The monoisotopic (exact) mass is 1580 g/mol. The molecular weight excluding hydrogens is 1460 g/mol. The molecule has 624 valence electrons. The van der Waals surface area contributed by atoms with E-state index in [0.717, 1.165) is 93.5 Å². The van der Waals surface area contributed by atoms with Crippen molar-refractivity contribution in [3.05, 3.63) is 90.1 Å². The fraction of sp³-hybridized carbons (Fsp3) is 0.643. The Morgan fingerprint density at radius 3 is 2.23 bits per heavy atom. The number of allylic oxidation sites excluding steroid dienone is 6. The molecule has 4 aliphatic heterocycles. The molecule has 5 aromatic rings. The summed E-state index contributed by atoms with van der Waals surface area (Å²) in [5, 5.41) is 22.6. The van der Waals surface area contributed by atoms with Gasteiger partial charge in [0.2, 0.25) is 17.6 Å². The van der Waals surface area contributed by atoms with Gasteiger partial charge in [-0.05, 0) is 170 Å². The van der Waals surface area contributed by atoms with Gasteiger partial charge in [-0.3, -0.25) is 24.1 Å². The number of nitrogen functional groups attached to an aromatic ring is 2. The molecular formula is C84H122N14O16. The number of piperidine rings is 1. The number of unbranched alkanes of at least 4 members (excludes halogenated alkanes) is 1. The molecule has 1 aliphatic carbocycles. The van der Waals surface area contributed by atoms with Crippen molar-refractivity contribution in [2.45, 2.75) is 219 Å². The van der Waals surface area contributed by atoms with Crippen LogP contribution in [0.5, 0.6) is 0 Å². The van der Waals surface area contributed by atoms with Crippen LogP contribution in [-0.4, -0.2) is 233 Å². The second kappa shape index (κ2) is 45.6. The van der Waals surface area contributed by atoms with Gasteiger partial charge in [0.15, 0.2) is 11.2 Å². The van der Waals surface area contributed by atoms with E-state index in [-0.39, 0.29) is 79.7 Å². The number of hydrogen-bond donors (Lipinski definition) is 5. The molecule has 3 saturated heterocycles. The van der Waals surface area contributed by atoms with Gasteiger partial charge in [-0.1, -0.05) is 57.2 Å². The molecule has 10 rings (SSSR count). The van der Waals surface area contributed by atoms with Gasteiger partial charge in [-0.2, -0.15) is 10.1 Å². The standard InChI is InChI=1S/C84H122N14O16/c1-56-15-8-7-9-16-58(3)73(106-6)50-66-17-14-19-72(111-66)77(102)80(103)97-32-12-10-18-68(97)81(104)112-64(25-20-57(2)48-60(5)70(100)51-69(99)59(4)47-56)26-21-61-22-27-65(28-23-61)113-84(105)90-54-62-52-88-83(89-53-62)96-36-34-95(35-37-96)38-40-108-42-44-110-46-45-109-43-41-107-39-30-74(101)87-31-11-13-33-98-79-75(78(85)91-55-92-79)76(94-98)63-24-29-71-67(49-63)93-82(86)114-71/h7-9,15-16,24,29,48-49,52-53,55-57,59,61,64-66,68,70,72-73,100H,10-14,17-23,25-28,30-47,50-51,54H2,1-6H3,(H2,86,93)(H,87,101)(H,90,105)(H2,85,91,92)/b9-7?,15-8+,58-16?,60-48+/t56-,57+,59-,61?,64+,65?,66?,68+,70+,72?,73+/m1/s1. The molecule has 4 aromatic heterocycles. The molecule has 2 bridgehead atoms. The van der Waals surface area contributed by atoms with Gasteiger partial charge in [-0.25, -0.2) is 34.2 Å². The minimum absolute atomic E-state index is 0.00905. The second-order valence-corrected chi connectivity index (χ2v) is 31.2. The van der Waals surface area contributed by atoms with Gasteiger partial charge in [0.25, 0.3) is 11.9 Å². The van der Waals surface area contributed by atoms with Crippen molar-refractivity contribution < 1.29 is 76.2 Å². The minimum Gasteiger partial charge on any atom is -0.461 e. The lowest BCUT2D eigenvalue weighted by Crippen LogP contribution is -2.54. The molecule has 1 aromatic carbocycles. The first kappa shape index (κ1) is 87.8. The minimum atomic E-state index is -0.921. The summed E-state index contributed by atoms with van der Waals surface area (Å²) in [7, 11) is 1.65. The number of methoxy groups -OCH3 is 1. The number of fused-ring (bicyclic) bond motifs is 5. The highest BCUT2D eigenvalue weighted by Gasteiger charge is 2.42. The van der Waals surface area contributed by atoms with E-state index in [1.807, 2.05) is 68.0 Å². The summed E-state index contributed by atoms with van der Waals surface area (Å²) in [5.74, 6) is -0.757. The summed E-state index contributed by atoms with van der Waals surface area (Å²) in [6.07, 6.45) is 25.4. The van der Waals surface area contributed by atoms with Crippen molar-refractivity contribution in [3.63, 3.8) is 0 Å². The molecule has 4 fully saturated rings. The lowest BCUT2D eigenvalue weighted by atomic mass is 9.83. The van der Waals surface area contributed by atoms with Crippen molar-refractivity contribution in [3.8, 4) is 11.3 Å². The predicted molar refractivity (Wildman–Crippen MR) is 431 cm³/mol. The molecule has 114 heavy (non-hydrogen) atoms. The number of aryl methyl sites for hydroxylation is 1. The molecule has 9 atom stereocenters. The number of esters is 1. The fourth-order valence-electron chi connectivity index (χ4n) is 15.6. The largest absolute Gasteiger partial charge is 0.461 e. The number of carbonyl (C=O) groups excluding carboxylic acids is 6. The van der Waals surface area contributed by atoms with Gasteiger partial charge in [0.1, 0.15) is 53.5 Å². The smallest absolute Gasteiger partial charge is 0.407 e. The van der Waals surface area contributed by atoms with Crippen molar-refractivity contribution in [2.24, 2.45) is 23.7 Å². The number of oxazole rings is 1. The third-order valence-electron chi connectivity index (χ3n) is 22.4. The van der Waals surface area contributed by atoms with Gasteiger partial charge in [-0.15, -0.1) is 0 Å². The zero-order valence-electron chi connectivity index (χ0n) is 67.6. The molecule has 30 nitrogen and oxygen atoms in total. The Balaban J connectivity index is 0.564. The van der Waals surface area contributed by atoms with Crippen LogP contribution >= 0.6 is 0 Å². The maximum Gasteiger partial charge on any atom is 0.407 e. The molecule has 8 heterocycles. The zero-order valence-corrected chi connectivity index (χ0v) is 67.6. The number of Topliss-reactive ketones (excluding diaryl/α,β-unsaturated/α-hetero) is 2. The third-order valence-corrected chi connectivity index (χ3v) is 22.4. The Morgan fingerprint density at radius 1 is 0.728 bits per heavy atom. The van der Waals surface area contributed by atoms with E-state index in [2.05, 4.69) is 65.3 Å². The van der Waals surface area contributed by atoms with Crippen molar-refractivity contribution >= 4 is 75.4 Å². The highest BCUT2D eigenvalue weighted by Crippen LogP contribution is 2.35. The molecule has 5 aliphatic rings. The number of cyclic esters (lactones) is 1. The highest BCUT2D eigenvalue weighted by molar-refractivity contribution is 6.38. The van der Waals surface area contributed by atoms with Crippen LogP contribution in [0.2, 0.25) is 0 Å². The first-order valence-electron chi connectivity index (χ1n) is 41.3. The van der Waals surface area contributed by atoms with Crippen molar-refractivity contribution in [1.29, 1.82) is 0 Å². The van der Waals surface area contributed by atoms with Gasteiger partial charge < -0.3 is 79.3 Å². The summed E-state index contributed by atoms with van der Waals surface area (Å²) < 4.78 is 54.6. The third kappa shape index (κ3) is 27.3. The van der Waals surface area contributed by atoms with Crippen molar-refractivity contribution in [2.75, 3.05) is 122 Å². The highest BCUT2D eigenvalue weighted by atomic mass is 16.6. The van der Waals surface area contributed by atoms with Crippen LogP contribution in [0.1, 0.15) is 169 Å². The van der Waals surface area contributed by atoms with Gasteiger partial charge >= 0.3 is 12.1 Å². The average Bonchev–Trinajstić information content (AvgIpc) is 1.61. The van der Waals surface area contributed by atoms with E-state index in [0.29, 0.717) is 189 Å². The Hall–Kier alpha value is -8.62. The molecule has 1 saturated carbocycles. The lowest BCUT2D eigenvalue weighted by molar-refractivity contribution is -0.167. The first-order chi connectivity index (χ1) is 55.2. The van der Waals surface area contributed by atoms with Crippen LogP contribution in [0.4, 0.5) is 22.6 Å². The Kier molecular flexibility index (Phi) is 35.1. The summed E-state index contributed by atoms with van der Waals surface area (Å²) in [6, 6.07) is 4.69. The molecule has 30 heteroatoms. The molecule has 7 N–H and O–H groups in total. The summed E-state index contributed by atoms with van der Waals surface area (Å²) in [4.78, 5) is 110. The van der Waals surface area contributed by atoms with Crippen LogP contribution < -0.4 is 27.0 Å². The molecule has 3 amide bonds. The van der Waals surface area contributed by atoms with Gasteiger partial charge in [0.05, 0.1) is 76.6 Å². The zero-order chi connectivity index (χ0) is 80.7. The Bertz CT molecular complexity index is 4020. The number of aliphatic hydroxyl groups is 1. The number of piperazine rings is 1. The number of aliphatic hydroxyl groups excluding tert-OH is 1. The number of anilines is 3. The number of nitrogens with one attached hydrogen (secondary N) is 2. The van der Waals surface area contributed by atoms with E-state index in [1.54, 1.807) is 25.6 Å². The number of ketones is 2. The molecule has 2 unspecified atom stereocenters. The van der Waals surface area contributed by atoms with E-state index in [4.69, 9.17) is 58.9 Å². The van der Waals surface area contributed by atoms with E-state index < -0.39 is 48.1 Å². The summed E-state index contributed by atoms with van der Waals surface area (Å²) in [6.45, 7) is 18.9. The number of benzene rings is 1. The predicted octanol–water partition coefficient (Wildman–Crippen LogP) is 9.95. The lowest BCUT2D eigenvalue weighted by Gasteiger charge is -2.36. The summed E-state index contributed by atoms with van der Waals surface area (Å²) >= 11 is 0. The molecule has 0 radical (unpaired) electrons. The Labute approximate surface area is 669 Å². The fourth-order valence-corrected chi connectivity index (χ4v) is 15.6. The average molecular weight is 1580 g/mol. The van der Waals surface area contributed by atoms with Crippen LogP contribution in [0.25, 0.3) is 33.4 Å². The SMILES string of the molecule is CO[C@H]1CC2CCCC(O2)C(=O)C(=O)N2CCCC[C@H]2C(=O)O[C@H](CCC2CCC(OC(=O)NCc3cnc(N4CCN(CCOCCOCCOCCOCCC(=O)NCCCCn5nc(-c6ccc7oc(N)nc7c6)c6c(N)ncnc65)CC4)nc3)CC2)CC[C@H](C)/C=C(\C)[C@@H](O)CC(=O)[C@H](C)C[C@H](C)/C=C/C=CC=C1C. The first-order valence-corrected chi connectivity index (χ1v) is 41.3. The van der Waals surface area contributed by atoms with Gasteiger partial charge in [0, 0.05) is 115 Å². The Morgan fingerprint density at radius 2 is 1.47 bits per heavy atom. The maximum absolute atomic E-state index is 14.4. The number of nitrogens with zero attached hydrogens (tertiary/aromatic N) is 10. The van der Waals surface area contributed by atoms with Crippen LogP contribution in [-0.2, 0) is 75.0 Å². The number of ether oxygens (including phenoxy) is 8. The molecule has 0 spiro atoms. The number of nitrogens with two attached hydrogens (primary N) is 2. The van der Waals surface area contributed by atoms with Crippen LogP contribution in [0.3, 0.4) is 0 Å². The van der Waals surface area contributed by atoms with Crippen LogP contribution in [0, 0.1) is 23.7 Å². The second-order valence-electron chi connectivity index (χ2n) is 31.2. The number of alkyl carbamates (subject to hydrolysis) is 1. The number of aromatic nitrogens is 7. The number of amides is 3. The number of hydrogen-bond acceptors (Lipinski definition) is 26. The summed E-state index contributed by atoms with van der Waals surface area (Å²) in [5.41, 5.74) is 17.7. The van der Waals surface area contributed by atoms with Crippen molar-refractivity contribution in [1.82, 2.24) is 55.1 Å². The number of rotatable bonds is 29. The topological polar surface area (TPSA) is 378 Å². The normalized spacial score (nSPS) is 25.4. The van der Waals surface area contributed by atoms with E-state index in [1.165, 1.54) is 11.2 Å². The maximum atomic E-state index is 14.4.